The van der Waals surface area contributed by atoms with Crippen molar-refractivity contribution in [1.82, 2.24) is 14.3 Å². The molecule has 2 aromatic heterocycles. The van der Waals surface area contributed by atoms with E-state index in [1.807, 2.05) is 66.7 Å². The maximum atomic E-state index is 13.4. The molecular weight excluding hydrogens is 476 g/mol. The van der Waals surface area contributed by atoms with Crippen molar-refractivity contribution in [2.45, 2.75) is 13.0 Å². The Morgan fingerprint density at radius 2 is 1.60 bits per heavy atom. The predicted molar refractivity (Wildman–Crippen MR) is 145 cm³/mol. The lowest BCUT2D eigenvalue weighted by molar-refractivity contribution is -0.122. The fourth-order valence-corrected chi connectivity index (χ4v) is 5.15. The first-order valence-corrected chi connectivity index (χ1v) is 12.4. The van der Waals surface area contributed by atoms with Gasteiger partial charge in [0.25, 0.3) is 11.5 Å². The van der Waals surface area contributed by atoms with E-state index >= 15 is 0 Å². The first-order valence-electron chi connectivity index (χ1n) is 11.2. The van der Waals surface area contributed by atoms with Crippen molar-refractivity contribution < 1.29 is 4.79 Å². The normalized spacial score (nSPS) is 14.7. The van der Waals surface area contributed by atoms with Crippen molar-refractivity contribution in [2.75, 3.05) is 11.9 Å². The highest BCUT2D eigenvalue weighted by Gasteiger charge is 2.32. The van der Waals surface area contributed by atoms with Gasteiger partial charge in [-0.2, -0.15) is 0 Å². The minimum atomic E-state index is -0.249. The minimum absolute atomic E-state index is 0.192. The quantitative estimate of drug-likeness (QED) is 0.293. The van der Waals surface area contributed by atoms with Crippen molar-refractivity contribution in [3.63, 3.8) is 0 Å². The lowest BCUT2D eigenvalue weighted by atomic mass is 10.1. The van der Waals surface area contributed by atoms with Crippen LogP contribution in [0.5, 0.6) is 0 Å². The van der Waals surface area contributed by atoms with Gasteiger partial charge in [0.1, 0.15) is 15.8 Å². The molecule has 1 aliphatic rings. The Morgan fingerprint density at radius 1 is 0.914 bits per heavy atom. The molecule has 8 heteroatoms. The van der Waals surface area contributed by atoms with E-state index in [1.165, 1.54) is 16.2 Å². The maximum absolute atomic E-state index is 13.4. The molecule has 0 unspecified atom stereocenters. The number of pyridine rings is 1. The molecule has 3 heterocycles. The summed E-state index contributed by atoms with van der Waals surface area (Å²) in [6.07, 6.45) is 3.99. The molecule has 0 saturated carbocycles. The summed E-state index contributed by atoms with van der Waals surface area (Å²) in [5, 5.41) is 3.28. The number of carbonyl (C=O) groups excluding carboxylic acids is 1. The van der Waals surface area contributed by atoms with E-state index in [9.17, 15) is 9.59 Å². The van der Waals surface area contributed by atoms with Crippen molar-refractivity contribution in [1.29, 1.82) is 0 Å². The van der Waals surface area contributed by atoms with Gasteiger partial charge in [0, 0.05) is 19.3 Å². The molecule has 0 atom stereocenters. The predicted octanol–water partition coefficient (Wildman–Crippen LogP) is 4.75. The van der Waals surface area contributed by atoms with Crippen LogP contribution in [0.4, 0.5) is 5.82 Å². The fourth-order valence-electron chi connectivity index (χ4n) is 3.86. The van der Waals surface area contributed by atoms with Crippen LogP contribution in [0.25, 0.3) is 11.7 Å². The van der Waals surface area contributed by atoms with Gasteiger partial charge in [-0.25, -0.2) is 4.98 Å². The number of rotatable bonds is 7. The van der Waals surface area contributed by atoms with Crippen LogP contribution in [-0.4, -0.2) is 31.1 Å². The highest BCUT2D eigenvalue weighted by Crippen LogP contribution is 2.33. The van der Waals surface area contributed by atoms with Gasteiger partial charge in [-0.1, -0.05) is 90.7 Å². The van der Waals surface area contributed by atoms with Crippen molar-refractivity contribution in [3.8, 4) is 0 Å². The minimum Gasteiger partial charge on any atom is -0.365 e. The van der Waals surface area contributed by atoms with Crippen LogP contribution in [0.1, 0.15) is 16.7 Å². The Bertz CT molecular complexity index is 1480. The van der Waals surface area contributed by atoms with E-state index in [0.717, 1.165) is 11.1 Å². The summed E-state index contributed by atoms with van der Waals surface area (Å²) in [6, 6.07) is 25.2. The second-order valence-electron chi connectivity index (χ2n) is 8.02. The Balaban J connectivity index is 1.46. The molecule has 1 saturated heterocycles. The van der Waals surface area contributed by atoms with Gasteiger partial charge in [-0.05, 0) is 35.8 Å². The molecule has 5 rings (SSSR count). The zero-order chi connectivity index (χ0) is 24.2. The summed E-state index contributed by atoms with van der Waals surface area (Å²) in [4.78, 5) is 33.3. The standard InChI is InChI=1S/C27H22N4O2S2/c32-25-21(17-22-26(33)31(27(34)35-22)16-14-19-9-3-1-4-10-19)24(28-18-20-11-5-2-6-12-20)29-23-13-7-8-15-30(23)25/h1-13,15,17,28H,14,16,18H2/b22-17+. The number of nitrogens with zero attached hydrogens (tertiary/aromatic N) is 3. The number of anilines is 1. The summed E-state index contributed by atoms with van der Waals surface area (Å²) >= 11 is 6.71. The number of nitrogens with one attached hydrogen (secondary N) is 1. The monoisotopic (exact) mass is 498 g/mol. The number of amides is 1. The lowest BCUT2D eigenvalue weighted by Gasteiger charge is -2.14. The SMILES string of the molecule is O=C1/C(=C\c2c(NCc3ccccc3)nc3ccccn3c2=O)SC(=S)N1CCc1ccccc1. The Hall–Kier alpha value is -3.75. The molecule has 6 nitrogen and oxygen atoms in total. The van der Waals surface area contributed by atoms with E-state index in [2.05, 4.69) is 10.3 Å². The highest BCUT2D eigenvalue weighted by atomic mass is 32.2. The number of hydrogen-bond acceptors (Lipinski definition) is 6. The van der Waals surface area contributed by atoms with E-state index in [0.29, 0.717) is 45.8 Å². The third-order valence-corrected chi connectivity index (χ3v) is 7.07. The van der Waals surface area contributed by atoms with Gasteiger partial charge in [0.05, 0.1) is 10.5 Å². The van der Waals surface area contributed by atoms with Gasteiger partial charge in [0.15, 0.2) is 0 Å². The Labute approximate surface area is 212 Å². The van der Waals surface area contributed by atoms with Gasteiger partial charge in [0.2, 0.25) is 0 Å². The van der Waals surface area contributed by atoms with Gasteiger partial charge in [-0.15, -0.1) is 0 Å². The van der Waals surface area contributed by atoms with Crippen LogP contribution in [0.2, 0.25) is 0 Å². The van der Waals surface area contributed by atoms with Crippen LogP contribution in [0.3, 0.4) is 0 Å². The summed E-state index contributed by atoms with van der Waals surface area (Å²) in [6.45, 7) is 0.981. The van der Waals surface area contributed by atoms with Crippen LogP contribution in [0.15, 0.2) is 94.8 Å². The zero-order valence-corrected chi connectivity index (χ0v) is 20.4. The number of fused-ring (bicyclic) bond motifs is 1. The summed E-state index contributed by atoms with van der Waals surface area (Å²) in [5.74, 6) is 0.238. The van der Waals surface area contributed by atoms with Crippen LogP contribution in [0, 0.1) is 0 Å². The number of thiocarbonyl (C=S) groups is 1. The molecule has 1 aliphatic heterocycles. The lowest BCUT2D eigenvalue weighted by Crippen LogP contribution is -2.30. The first-order chi connectivity index (χ1) is 17.1. The van der Waals surface area contributed by atoms with Crippen molar-refractivity contribution in [2.24, 2.45) is 0 Å². The van der Waals surface area contributed by atoms with Gasteiger partial charge >= 0.3 is 0 Å². The van der Waals surface area contributed by atoms with E-state index in [1.54, 1.807) is 29.3 Å². The molecule has 1 amide bonds. The van der Waals surface area contributed by atoms with Gasteiger partial charge in [-0.3, -0.25) is 18.9 Å². The van der Waals surface area contributed by atoms with Gasteiger partial charge < -0.3 is 5.32 Å². The van der Waals surface area contributed by atoms with Crippen LogP contribution < -0.4 is 10.9 Å². The maximum Gasteiger partial charge on any atom is 0.267 e. The number of aromatic nitrogens is 2. The molecule has 1 fully saturated rings. The summed E-state index contributed by atoms with van der Waals surface area (Å²) in [5.41, 5.74) is 2.80. The molecule has 1 N–H and O–H groups in total. The first kappa shape index (κ1) is 23.0. The van der Waals surface area contributed by atoms with E-state index in [-0.39, 0.29) is 11.5 Å². The summed E-state index contributed by atoms with van der Waals surface area (Å²) in [7, 11) is 0. The topological polar surface area (TPSA) is 66.7 Å². The number of hydrogen-bond donors (Lipinski definition) is 1. The van der Waals surface area contributed by atoms with Crippen molar-refractivity contribution in [3.05, 3.63) is 117 Å². The molecule has 0 spiro atoms. The highest BCUT2D eigenvalue weighted by molar-refractivity contribution is 8.26. The zero-order valence-electron chi connectivity index (χ0n) is 18.8. The average molecular weight is 499 g/mol. The third kappa shape index (κ3) is 5.03. The molecular formula is C27H22N4O2S2. The fraction of sp³-hybridized carbons (Fsp3) is 0.111. The largest absolute Gasteiger partial charge is 0.365 e. The Kier molecular flexibility index (Phi) is 6.74. The van der Waals surface area contributed by atoms with Crippen LogP contribution >= 0.6 is 24.0 Å². The molecule has 0 radical (unpaired) electrons. The smallest absolute Gasteiger partial charge is 0.267 e. The molecule has 174 valence electrons. The van der Waals surface area contributed by atoms with Crippen molar-refractivity contribution >= 4 is 51.7 Å². The van der Waals surface area contributed by atoms with E-state index < -0.39 is 0 Å². The summed E-state index contributed by atoms with van der Waals surface area (Å²) < 4.78 is 1.97. The number of carbonyl (C=O) groups is 1. The average Bonchev–Trinajstić information content (AvgIpc) is 3.16. The second kappa shape index (κ2) is 10.2. The molecule has 0 bridgehead atoms. The Morgan fingerprint density at radius 3 is 2.34 bits per heavy atom. The molecule has 2 aromatic carbocycles. The third-order valence-electron chi connectivity index (χ3n) is 5.69. The number of thioether (sulfide) groups is 1. The number of benzene rings is 2. The van der Waals surface area contributed by atoms with Crippen LogP contribution in [-0.2, 0) is 17.8 Å². The molecule has 0 aliphatic carbocycles. The molecule has 4 aromatic rings. The molecule has 35 heavy (non-hydrogen) atoms. The van der Waals surface area contributed by atoms with E-state index in [4.69, 9.17) is 12.2 Å². The second-order valence-corrected chi connectivity index (χ2v) is 9.69.